The van der Waals surface area contributed by atoms with Crippen LogP contribution >= 0.6 is 15.6 Å². The third-order valence-corrected chi connectivity index (χ3v) is 21.0. The molecule has 0 aromatic carbocycles. The highest BCUT2D eigenvalue weighted by molar-refractivity contribution is 7.47. The zero-order chi connectivity index (χ0) is 74.6. The number of phosphoric ester groups is 2. The molecule has 0 amide bonds. The number of ether oxygens (including phenoxy) is 4. The molecule has 0 fully saturated rings. The van der Waals surface area contributed by atoms with E-state index >= 15 is 0 Å². The van der Waals surface area contributed by atoms with Gasteiger partial charge in [-0.05, 0) is 49.4 Å². The molecule has 0 spiro atoms. The number of carbonyl (C=O) groups is 4. The van der Waals surface area contributed by atoms with E-state index < -0.39 is 97.5 Å². The number of aliphatic hydroxyl groups is 1. The summed E-state index contributed by atoms with van der Waals surface area (Å²) in [6, 6.07) is 0. The van der Waals surface area contributed by atoms with Crippen LogP contribution in [0.4, 0.5) is 0 Å². The Hall–Kier alpha value is -1.94. The molecule has 0 aromatic heterocycles. The predicted molar refractivity (Wildman–Crippen MR) is 414 cm³/mol. The second kappa shape index (κ2) is 71.0. The lowest BCUT2D eigenvalue weighted by molar-refractivity contribution is -0.161. The van der Waals surface area contributed by atoms with Crippen LogP contribution in [0.25, 0.3) is 0 Å². The summed E-state index contributed by atoms with van der Waals surface area (Å²) in [4.78, 5) is 73.0. The van der Waals surface area contributed by atoms with E-state index in [1.54, 1.807) is 0 Å². The van der Waals surface area contributed by atoms with Crippen LogP contribution < -0.4 is 0 Å². The van der Waals surface area contributed by atoms with Crippen LogP contribution in [0.5, 0.6) is 0 Å². The molecule has 3 N–H and O–H groups in total. The molecule has 0 aliphatic carbocycles. The maximum Gasteiger partial charge on any atom is 0.472 e. The Morgan fingerprint density at radius 2 is 0.416 bits per heavy atom. The number of carbonyl (C=O) groups excluding carboxylic acids is 4. The van der Waals surface area contributed by atoms with Gasteiger partial charge in [-0.15, -0.1) is 0 Å². The summed E-state index contributed by atoms with van der Waals surface area (Å²) in [7, 11) is -9.92. The predicted octanol–water partition coefficient (Wildman–Crippen LogP) is 24.4. The zero-order valence-electron chi connectivity index (χ0n) is 66.5. The van der Waals surface area contributed by atoms with Crippen molar-refractivity contribution in [2.45, 2.75) is 440 Å². The second-order valence-electron chi connectivity index (χ2n) is 31.4. The van der Waals surface area contributed by atoms with Crippen LogP contribution in [0.3, 0.4) is 0 Å². The molecule has 17 nitrogen and oxygen atoms in total. The van der Waals surface area contributed by atoms with Crippen LogP contribution in [0.15, 0.2) is 0 Å². The van der Waals surface area contributed by atoms with Gasteiger partial charge in [0.25, 0.3) is 0 Å². The molecular weight excluding hydrogens is 1320 g/mol. The first kappa shape index (κ1) is 99.1. The number of rotatable bonds is 79. The van der Waals surface area contributed by atoms with Crippen molar-refractivity contribution in [3.05, 3.63) is 0 Å². The summed E-state index contributed by atoms with van der Waals surface area (Å²) in [5, 5.41) is 10.6. The summed E-state index contributed by atoms with van der Waals surface area (Å²) < 4.78 is 68.7. The van der Waals surface area contributed by atoms with Gasteiger partial charge in [0, 0.05) is 25.7 Å². The van der Waals surface area contributed by atoms with Crippen LogP contribution in [-0.2, 0) is 65.4 Å². The lowest BCUT2D eigenvalue weighted by Gasteiger charge is -2.21. The molecule has 0 heterocycles. The first-order valence-electron chi connectivity index (χ1n) is 42.2. The first-order valence-corrected chi connectivity index (χ1v) is 45.2. The molecule has 0 rings (SSSR count). The molecule has 0 radical (unpaired) electrons. The highest BCUT2D eigenvalue weighted by Crippen LogP contribution is 2.45. The van der Waals surface area contributed by atoms with E-state index in [0.29, 0.717) is 31.6 Å². The Morgan fingerprint density at radius 1 is 0.248 bits per heavy atom. The maximum absolute atomic E-state index is 13.1. The number of hydrogen-bond acceptors (Lipinski definition) is 15. The van der Waals surface area contributed by atoms with Gasteiger partial charge in [-0.1, -0.05) is 370 Å². The van der Waals surface area contributed by atoms with Crippen molar-refractivity contribution in [1.82, 2.24) is 0 Å². The Labute approximate surface area is 619 Å². The highest BCUT2D eigenvalue weighted by Gasteiger charge is 2.30. The minimum Gasteiger partial charge on any atom is -0.462 e. The largest absolute Gasteiger partial charge is 0.472 e. The van der Waals surface area contributed by atoms with Crippen molar-refractivity contribution in [2.75, 3.05) is 39.6 Å². The molecule has 101 heavy (non-hydrogen) atoms. The number of unbranched alkanes of at least 4 members (excludes halogenated alkanes) is 45. The fourth-order valence-corrected chi connectivity index (χ4v) is 14.2. The average Bonchev–Trinajstić information content (AvgIpc) is 1.02. The van der Waals surface area contributed by atoms with Gasteiger partial charge >= 0.3 is 39.5 Å². The third kappa shape index (κ3) is 76.1. The van der Waals surface area contributed by atoms with Gasteiger partial charge in [-0.2, -0.15) is 0 Å². The van der Waals surface area contributed by atoms with Gasteiger partial charge in [0.1, 0.15) is 19.3 Å². The van der Waals surface area contributed by atoms with Crippen molar-refractivity contribution in [3.8, 4) is 0 Å². The van der Waals surface area contributed by atoms with Crippen molar-refractivity contribution in [3.63, 3.8) is 0 Å². The summed E-state index contributed by atoms with van der Waals surface area (Å²) in [6.07, 6.45) is 58.6. The number of aliphatic hydroxyl groups excluding tert-OH is 1. The van der Waals surface area contributed by atoms with Gasteiger partial charge < -0.3 is 33.8 Å². The Kier molecular flexibility index (Phi) is 69.6. The van der Waals surface area contributed by atoms with Gasteiger partial charge in [0.05, 0.1) is 26.4 Å². The van der Waals surface area contributed by atoms with E-state index in [0.717, 1.165) is 114 Å². The SMILES string of the molecule is CC(C)CCCCCCCCCCCCCCCCCCCCC(=O)OC[C@H](COP(=O)(O)OCC(O)COP(=O)(O)OC[C@@H](COC(=O)CCCCCCCCC(C)C)OC(=O)CCCCCCCCCCCCCCCCCC(C)C)OC(=O)CCCCCCCCCCCCC(C)C. The van der Waals surface area contributed by atoms with Crippen LogP contribution in [0.1, 0.15) is 421 Å². The molecule has 0 bridgehead atoms. The maximum atomic E-state index is 13.1. The minimum atomic E-state index is -4.96. The lowest BCUT2D eigenvalue weighted by Crippen LogP contribution is -2.30. The molecular formula is C82H160O17P2. The smallest absolute Gasteiger partial charge is 0.462 e. The van der Waals surface area contributed by atoms with E-state index in [4.69, 9.17) is 37.0 Å². The van der Waals surface area contributed by atoms with E-state index in [1.807, 2.05) is 0 Å². The van der Waals surface area contributed by atoms with E-state index in [2.05, 4.69) is 55.4 Å². The standard InChI is InChI=1S/C82H160O17P2/c1-72(2)58-50-42-34-28-22-18-14-11-9-10-12-16-20-24-31-37-46-54-62-79(84)92-68-77(98-82(87)65-57-49-39-33-27-26-30-36-44-52-60-74(5)6)70-96-100(88,89)94-66-76(83)67-95-101(90,91)97-71-78(69-93-80(85)63-55-47-41-40-45-53-61-75(7)8)99-81(86)64-56-48-38-32-25-21-17-13-15-19-23-29-35-43-51-59-73(3)4/h72-78,83H,9-71H2,1-8H3,(H,88,89)(H,90,91)/t76?,77-,78-/m1/s1. The number of phosphoric acid groups is 2. The van der Waals surface area contributed by atoms with Crippen LogP contribution in [-0.4, -0.2) is 96.7 Å². The third-order valence-electron chi connectivity index (χ3n) is 19.1. The van der Waals surface area contributed by atoms with E-state index in [1.165, 1.54) is 218 Å². The van der Waals surface area contributed by atoms with Gasteiger partial charge in [0.2, 0.25) is 0 Å². The molecule has 19 heteroatoms. The van der Waals surface area contributed by atoms with E-state index in [9.17, 15) is 43.2 Å². The zero-order valence-corrected chi connectivity index (χ0v) is 68.3. The van der Waals surface area contributed by atoms with Gasteiger partial charge in [-0.3, -0.25) is 37.3 Å². The van der Waals surface area contributed by atoms with Crippen LogP contribution in [0.2, 0.25) is 0 Å². The summed E-state index contributed by atoms with van der Waals surface area (Å²) >= 11 is 0. The number of hydrogen-bond donors (Lipinski definition) is 3. The normalized spacial score (nSPS) is 14.0. The van der Waals surface area contributed by atoms with Crippen molar-refractivity contribution in [2.24, 2.45) is 23.7 Å². The van der Waals surface area contributed by atoms with Crippen molar-refractivity contribution < 1.29 is 80.2 Å². The Bertz CT molecular complexity index is 1970. The topological polar surface area (TPSA) is 237 Å². The van der Waals surface area contributed by atoms with Crippen molar-refractivity contribution in [1.29, 1.82) is 0 Å². The van der Waals surface area contributed by atoms with E-state index in [-0.39, 0.29) is 25.7 Å². The van der Waals surface area contributed by atoms with Crippen LogP contribution in [0, 0.1) is 23.7 Å². The molecule has 600 valence electrons. The highest BCUT2D eigenvalue weighted by atomic mass is 31.2. The minimum absolute atomic E-state index is 0.106. The quantitative estimate of drug-likeness (QED) is 0.0222. The average molecular weight is 1480 g/mol. The fraction of sp³-hybridized carbons (Fsp3) is 0.951. The number of esters is 4. The molecule has 0 saturated heterocycles. The molecule has 0 saturated carbocycles. The summed E-state index contributed by atoms with van der Waals surface area (Å²) in [5.41, 5.74) is 0. The molecule has 0 aliphatic rings. The fourth-order valence-electron chi connectivity index (χ4n) is 12.6. The molecule has 5 atom stereocenters. The second-order valence-corrected chi connectivity index (χ2v) is 34.3. The Morgan fingerprint density at radius 3 is 0.614 bits per heavy atom. The molecule has 3 unspecified atom stereocenters. The summed E-state index contributed by atoms with van der Waals surface area (Å²) in [5.74, 6) is 0.941. The first-order chi connectivity index (χ1) is 48.6. The molecule has 0 aliphatic heterocycles. The van der Waals surface area contributed by atoms with Gasteiger partial charge in [0.15, 0.2) is 12.2 Å². The Balaban J connectivity index is 5.17. The van der Waals surface area contributed by atoms with Gasteiger partial charge in [-0.25, -0.2) is 9.13 Å². The monoisotopic (exact) mass is 1480 g/mol. The molecule has 0 aromatic rings. The summed E-state index contributed by atoms with van der Waals surface area (Å²) in [6.45, 7) is 14.2. The van der Waals surface area contributed by atoms with Crippen molar-refractivity contribution >= 4 is 39.5 Å². The lowest BCUT2D eigenvalue weighted by atomic mass is 10.0.